The highest BCUT2D eigenvalue weighted by molar-refractivity contribution is 9.10. The first-order valence-electron chi connectivity index (χ1n) is 5.18. The fraction of sp³-hybridized carbons (Fsp3) is 0.308. The van der Waals surface area contributed by atoms with Crippen LogP contribution in [0.5, 0.6) is 11.5 Å². The maximum absolute atomic E-state index is 10.7. The second-order valence-corrected chi connectivity index (χ2v) is 4.56. The van der Waals surface area contributed by atoms with E-state index in [1.165, 1.54) is 0 Å². The van der Waals surface area contributed by atoms with Gasteiger partial charge in [-0.1, -0.05) is 5.57 Å². The molecule has 0 aliphatic rings. The number of carbonyl (C=O) groups excluding carboxylic acids is 1. The molecule has 0 aliphatic carbocycles. The van der Waals surface area contributed by atoms with E-state index in [-0.39, 0.29) is 0 Å². The van der Waals surface area contributed by atoms with Crippen molar-refractivity contribution in [2.75, 3.05) is 13.7 Å². The Balaban J connectivity index is 2.89. The molecular formula is C13H15BrO3. The van der Waals surface area contributed by atoms with E-state index in [2.05, 4.69) is 22.5 Å². The molecule has 0 bridgehead atoms. The summed E-state index contributed by atoms with van der Waals surface area (Å²) in [6.07, 6.45) is 1.55. The first kappa shape index (κ1) is 13.8. The zero-order valence-electron chi connectivity index (χ0n) is 9.96. The minimum Gasteiger partial charge on any atom is -0.493 e. The summed E-state index contributed by atoms with van der Waals surface area (Å²) in [5.41, 5.74) is 1.60. The number of hydrogen-bond acceptors (Lipinski definition) is 3. The Kier molecular flexibility index (Phi) is 5.22. The fourth-order valence-electron chi connectivity index (χ4n) is 1.28. The van der Waals surface area contributed by atoms with Gasteiger partial charge >= 0.3 is 0 Å². The molecule has 0 spiro atoms. The highest BCUT2D eigenvalue weighted by Gasteiger charge is 2.11. The monoisotopic (exact) mass is 298 g/mol. The van der Waals surface area contributed by atoms with E-state index in [9.17, 15) is 4.79 Å². The van der Waals surface area contributed by atoms with Crippen LogP contribution in [0.25, 0.3) is 0 Å². The van der Waals surface area contributed by atoms with Gasteiger partial charge in [-0.3, -0.25) is 4.79 Å². The lowest BCUT2D eigenvalue weighted by atomic mass is 10.2. The Morgan fingerprint density at radius 2 is 2.24 bits per heavy atom. The summed E-state index contributed by atoms with van der Waals surface area (Å²) in [4.78, 5) is 10.7. The molecule has 0 aliphatic heterocycles. The minimum absolute atomic E-state index is 0.532. The molecule has 0 aromatic heterocycles. The number of aldehydes is 1. The van der Waals surface area contributed by atoms with Crippen LogP contribution >= 0.6 is 15.9 Å². The molecule has 0 N–H and O–H groups in total. The van der Waals surface area contributed by atoms with Gasteiger partial charge in [0.05, 0.1) is 18.2 Å². The normalized spacial score (nSPS) is 9.82. The van der Waals surface area contributed by atoms with Crippen molar-refractivity contribution in [1.82, 2.24) is 0 Å². The molecule has 4 heteroatoms. The third kappa shape index (κ3) is 3.89. The molecule has 1 rings (SSSR count). The summed E-state index contributed by atoms with van der Waals surface area (Å²) in [6, 6.07) is 3.35. The number of carbonyl (C=O) groups is 1. The SMILES string of the molecule is C=C(C)CCOc1c(Br)cc(C=O)cc1OC. The molecule has 0 saturated heterocycles. The van der Waals surface area contributed by atoms with Crippen LogP contribution in [0.4, 0.5) is 0 Å². The van der Waals surface area contributed by atoms with Gasteiger partial charge in [0, 0.05) is 12.0 Å². The summed E-state index contributed by atoms with van der Waals surface area (Å²) in [5, 5.41) is 0. The zero-order valence-corrected chi connectivity index (χ0v) is 11.5. The molecule has 0 atom stereocenters. The summed E-state index contributed by atoms with van der Waals surface area (Å²) < 4.78 is 11.5. The largest absolute Gasteiger partial charge is 0.493 e. The van der Waals surface area contributed by atoms with Crippen LogP contribution in [0, 0.1) is 0 Å². The van der Waals surface area contributed by atoms with Crippen LogP contribution in [0.1, 0.15) is 23.7 Å². The molecular weight excluding hydrogens is 284 g/mol. The van der Waals surface area contributed by atoms with E-state index in [1.807, 2.05) is 6.92 Å². The maximum atomic E-state index is 10.7. The Labute approximate surface area is 110 Å². The molecule has 0 saturated carbocycles. The predicted octanol–water partition coefficient (Wildman–Crippen LogP) is 3.62. The third-order valence-corrected chi connectivity index (χ3v) is 2.75. The van der Waals surface area contributed by atoms with Crippen molar-refractivity contribution in [2.45, 2.75) is 13.3 Å². The van der Waals surface area contributed by atoms with Crippen molar-refractivity contribution in [3.63, 3.8) is 0 Å². The van der Waals surface area contributed by atoms with Crippen LogP contribution < -0.4 is 9.47 Å². The summed E-state index contributed by atoms with van der Waals surface area (Å²) in [5.74, 6) is 1.16. The average Bonchev–Trinajstić information content (AvgIpc) is 2.30. The van der Waals surface area contributed by atoms with E-state index in [0.29, 0.717) is 28.1 Å². The molecule has 0 radical (unpaired) electrons. The van der Waals surface area contributed by atoms with Gasteiger partial charge < -0.3 is 9.47 Å². The van der Waals surface area contributed by atoms with Crippen molar-refractivity contribution in [2.24, 2.45) is 0 Å². The average molecular weight is 299 g/mol. The van der Waals surface area contributed by atoms with Gasteiger partial charge in [0.25, 0.3) is 0 Å². The van der Waals surface area contributed by atoms with Crippen molar-refractivity contribution in [3.05, 3.63) is 34.3 Å². The highest BCUT2D eigenvalue weighted by atomic mass is 79.9. The lowest BCUT2D eigenvalue weighted by Gasteiger charge is -2.13. The molecule has 0 heterocycles. The number of halogens is 1. The van der Waals surface area contributed by atoms with Crippen LogP contribution in [0.2, 0.25) is 0 Å². The fourth-order valence-corrected chi connectivity index (χ4v) is 1.85. The van der Waals surface area contributed by atoms with Crippen LogP contribution in [-0.4, -0.2) is 20.0 Å². The van der Waals surface area contributed by atoms with Crippen molar-refractivity contribution in [3.8, 4) is 11.5 Å². The topological polar surface area (TPSA) is 35.5 Å². The lowest BCUT2D eigenvalue weighted by molar-refractivity contribution is 0.112. The molecule has 1 aromatic carbocycles. The van der Waals surface area contributed by atoms with Crippen molar-refractivity contribution in [1.29, 1.82) is 0 Å². The first-order chi connectivity index (χ1) is 8.08. The predicted molar refractivity (Wildman–Crippen MR) is 71.0 cm³/mol. The quantitative estimate of drug-likeness (QED) is 0.594. The Bertz CT molecular complexity index is 427. The van der Waals surface area contributed by atoms with Gasteiger partial charge in [-0.2, -0.15) is 0 Å². The summed E-state index contributed by atoms with van der Waals surface area (Å²) in [6.45, 7) is 6.29. The first-order valence-corrected chi connectivity index (χ1v) is 5.97. The van der Waals surface area contributed by atoms with Crippen molar-refractivity contribution >= 4 is 22.2 Å². The zero-order chi connectivity index (χ0) is 12.8. The van der Waals surface area contributed by atoms with Crippen molar-refractivity contribution < 1.29 is 14.3 Å². The Morgan fingerprint density at radius 1 is 1.53 bits per heavy atom. The van der Waals surface area contributed by atoms with E-state index in [4.69, 9.17) is 9.47 Å². The number of rotatable bonds is 6. The smallest absolute Gasteiger partial charge is 0.175 e. The minimum atomic E-state index is 0.532. The van der Waals surface area contributed by atoms with E-state index >= 15 is 0 Å². The number of hydrogen-bond donors (Lipinski definition) is 0. The van der Waals surface area contributed by atoms with E-state index < -0.39 is 0 Å². The van der Waals surface area contributed by atoms with Gasteiger partial charge in [-0.05, 0) is 35.0 Å². The molecule has 1 aromatic rings. The lowest BCUT2D eigenvalue weighted by Crippen LogP contribution is -2.01. The molecule has 0 amide bonds. The van der Waals surface area contributed by atoms with Crippen LogP contribution in [0.3, 0.4) is 0 Å². The van der Waals surface area contributed by atoms with E-state index in [0.717, 1.165) is 18.3 Å². The maximum Gasteiger partial charge on any atom is 0.175 e. The Morgan fingerprint density at radius 3 is 2.76 bits per heavy atom. The molecule has 3 nitrogen and oxygen atoms in total. The summed E-state index contributed by atoms with van der Waals surface area (Å²) in [7, 11) is 1.54. The summed E-state index contributed by atoms with van der Waals surface area (Å²) >= 11 is 3.36. The molecule has 92 valence electrons. The number of benzene rings is 1. The van der Waals surface area contributed by atoms with Gasteiger partial charge in [-0.15, -0.1) is 6.58 Å². The van der Waals surface area contributed by atoms with Crippen LogP contribution in [0.15, 0.2) is 28.8 Å². The molecule has 17 heavy (non-hydrogen) atoms. The van der Waals surface area contributed by atoms with Gasteiger partial charge in [0.1, 0.15) is 6.29 Å². The van der Waals surface area contributed by atoms with Crippen LogP contribution in [-0.2, 0) is 0 Å². The third-order valence-electron chi connectivity index (χ3n) is 2.16. The second-order valence-electron chi connectivity index (χ2n) is 3.71. The van der Waals surface area contributed by atoms with Gasteiger partial charge in [-0.25, -0.2) is 0 Å². The molecule has 0 unspecified atom stereocenters. The number of ether oxygens (including phenoxy) is 2. The van der Waals surface area contributed by atoms with Gasteiger partial charge in [0.2, 0.25) is 0 Å². The van der Waals surface area contributed by atoms with E-state index in [1.54, 1.807) is 19.2 Å². The highest BCUT2D eigenvalue weighted by Crippen LogP contribution is 2.36. The number of methoxy groups -OCH3 is 1. The standard InChI is InChI=1S/C13H15BrO3/c1-9(2)4-5-17-13-11(14)6-10(8-15)7-12(13)16-3/h6-8H,1,4-5H2,2-3H3. The Hall–Kier alpha value is -1.29. The van der Waals surface area contributed by atoms with Gasteiger partial charge in [0.15, 0.2) is 11.5 Å². The molecule has 0 fully saturated rings. The second kappa shape index (κ2) is 6.45.